The standard InChI is InChI=1S/C23H24FN3O4.H2S/c1-14(20-18(24)11-19-21(25-20)31-10-9-30-19)26-8-4-5-15(12-26)13-27-22(28)16-6-2-3-7-17(16)23(27)29;/h2-3,6-7,11,14-15H,4-5,8-10,12-13H2,1H3;1H2/t14?,15-;/m0./s1. The van der Waals surface area contributed by atoms with Crippen molar-refractivity contribution in [2.45, 2.75) is 25.8 Å². The molecule has 1 aromatic carbocycles. The second-order valence-corrected chi connectivity index (χ2v) is 8.30. The molecule has 1 saturated heterocycles. The number of amides is 2. The first kappa shape index (κ1) is 22.5. The molecule has 9 heteroatoms. The molecule has 2 aromatic rings. The number of pyridine rings is 1. The number of piperidine rings is 1. The monoisotopic (exact) mass is 459 g/mol. The molecule has 0 spiro atoms. The van der Waals surface area contributed by atoms with Gasteiger partial charge in [0, 0.05) is 19.2 Å². The molecule has 170 valence electrons. The Morgan fingerprint density at radius 3 is 2.56 bits per heavy atom. The minimum Gasteiger partial charge on any atom is -0.484 e. The van der Waals surface area contributed by atoms with Crippen molar-refractivity contribution in [1.29, 1.82) is 0 Å². The topological polar surface area (TPSA) is 72.0 Å². The van der Waals surface area contributed by atoms with E-state index in [9.17, 15) is 14.0 Å². The fourth-order valence-electron chi connectivity index (χ4n) is 4.69. The molecule has 0 N–H and O–H groups in total. The van der Waals surface area contributed by atoms with Crippen LogP contribution < -0.4 is 9.47 Å². The lowest BCUT2D eigenvalue weighted by atomic mass is 9.95. The highest BCUT2D eigenvalue weighted by Crippen LogP contribution is 2.35. The highest BCUT2D eigenvalue weighted by molar-refractivity contribution is 7.59. The van der Waals surface area contributed by atoms with Crippen molar-refractivity contribution in [3.05, 3.63) is 53.0 Å². The maximum absolute atomic E-state index is 14.7. The molecule has 1 unspecified atom stereocenters. The summed E-state index contributed by atoms with van der Waals surface area (Å²) in [5.41, 5.74) is 1.26. The third-order valence-electron chi connectivity index (χ3n) is 6.33. The van der Waals surface area contributed by atoms with E-state index in [1.165, 1.54) is 11.0 Å². The van der Waals surface area contributed by atoms with E-state index in [1.54, 1.807) is 24.3 Å². The molecule has 2 amide bonds. The highest BCUT2D eigenvalue weighted by Gasteiger charge is 2.38. The summed E-state index contributed by atoms with van der Waals surface area (Å²) in [5.74, 6) is -0.0931. The molecular formula is C23H26FN3O4S. The van der Waals surface area contributed by atoms with Crippen LogP contribution in [-0.2, 0) is 0 Å². The fraction of sp³-hybridized carbons (Fsp3) is 0.435. The number of carbonyl (C=O) groups excluding carboxylic acids is 2. The first-order chi connectivity index (χ1) is 15.0. The van der Waals surface area contributed by atoms with Gasteiger partial charge in [-0.25, -0.2) is 9.37 Å². The van der Waals surface area contributed by atoms with Gasteiger partial charge in [-0.2, -0.15) is 13.5 Å². The molecule has 1 aromatic heterocycles. The number of aromatic nitrogens is 1. The first-order valence-electron chi connectivity index (χ1n) is 10.7. The number of benzene rings is 1. The number of hydrogen-bond acceptors (Lipinski definition) is 6. The van der Waals surface area contributed by atoms with Crippen molar-refractivity contribution < 1.29 is 23.5 Å². The van der Waals surface area contributed by atoms with Crippen molar-refractivity contribution in [2.24, 2.45) is 5.92 Å². The van der Waals surface area contributed by atoms with Crippen molar-refractivity contribution in [3.8, 4) is 11.6 Å². The average molecular weight is 460 g/mol. The van der Waals surface area contributed by atoms with Gasteiger partial charge in [0.25, 0.3) is 17.7 Å². The summed E-state index contributed by atoms with van der Waals surface area (Å²) in [4.78, 5) is 33.3. The summed E-state index contributed by atoms with van der Waals surface area (Å²) in [6, 6.07) is 8.01. The SMILES string of the molecule is CC(c1nc2c(cc1F)OCCO2)N1CCC[C@H](CN2C(=O)c3ccccc3C2=O)C1.S. The van der Waals surface area contributed by atoms with Gasteiger partial charge in [0.05, 0.1) is 22.9 Å². The molecular weight excluding hydrogens is 433 g/mol. The quantitative estimate of drug-likeness (QED) is 0.654. The van der Waals surface area contributed by atoms with E-state index in [4.69, 9.17) is 9.47 Å². The van der Waals surface area contributed by atoms with Crippen LogP contribution in [0.2, 0.25) is 0 Å². The van der Waals surface area contributed by atoms with Gasteiger partial charge in [0.15, 0.2) is 5.75 Å². The molecule has 3 aliphatic heterocycles. The van der Waals surface area contributed by atoms with Gasteiger partial charge in [0.2, 0.25) is 0 Å². The van der Waals surface area contributed by atoms with Crippen molar-refractivity contribution in [1.82, 2.24) is 14.8 Å². The van der Waals surface area contributed by atoms with Crippen LogP contribution in [0.4, 0.5) is 4.39 Å². The van der Waals surface area contributed by atoms with Gasteiger partial charge in [-0.15, -0.1) is 0 Å². The summed E-state index contributed by atoms with van der Waals surface area (Å²) < 4.78 is 25.7. The number of hydrogen-bond donors (Lipinski definition) is 0. The molecule has 3 aliphatic rings. The van der Waals surface area contributed by atoms with Gasteiger partial charge >= 0.3 is 0 Å². The average Bonchev–Trinajstić information content (AvgIpc) is 3.03. The molecule has 32 heavy (non-hydrogen) atoms. The molecule has 4 heterocycles. The Balaban J connectivity index is 0.00000245. The minimum atomic E-state index is -0.417. The zero-order chi connectivity index (χ0) is 21.5. The van der Waals surface area contributed by atoms with Gasteiger partial charge < -0.3 is 9.47 Å². The van der Waals surface area contributed by atoms with Crippen LogP contribution >= 0.6 is 13.5 Å². The van der Waals surface area contributed by atoms with E-state index in [2.05, 4.69) is 9.88 Å². The van der Waals surface area contributed by atoms with E-state index in [0.29, 0.717) is 54.8 Å². The van der Waals surface area contributed by atoms with Gasteiger partial charge in [0.1, 0.15) is 19.0 Å². The minimum absolute atomic E-state index is 0. The van der Waals surface area contributed by atoms with Crippen LogP contribution in [0.25, 0.3) is 0 Å². The van der Waals surface area contributed by atoms with E-state index in [0.717, 1.165) is 19.4 Å². The summed E-state index contributed by atoms with van der Waals surface area (Å²) in [6.07, 6.45) is 1.82. The van der Waals surface area contributed by atoms with Gasteiger partial charge in [-0.05, 0) is 44.4 Å². The summed E-state index contributed by atoms with van der Waals surface area (Å²) >= 11 is 0. The normalized spacial score (nSPS) is 21.2. The predicted molar refractivity (Wildman–Crippen MR) is 120 cm³/mol. The van der Waals surface area contributed by atoms with Crippen LogP contribution in [0.3, 0.4) is 0 Å². The van der Waals surface area contributed by atoms with Crippen LogP contribution in [0, 0.1) is 11.7 Å². The van der Waals surface area contributed by atoms with Crippen LogP contribution in [-0.4, -0.2) is 59.4 Å². The molecule has 0 aliphatic carbocycles. The molecule has 5 rings (SSSR count). The lowest BCUT2D eigenvalue weighted by Crippen LogP contribution is -2.43. The third kappa shape index (κ3) is 3.95. The molecule has 0 bridgehead atoms. The molecule has 2 atom stereocenters. The molecule has 1 fully saturated rings. The number of halogens is 1. The van der Waals surface area contributed by atoms with Crippen molar-refractivity contribution in [2.75, 3.05) is 32.8 Å². The second-order valence-electron chi connectivity index (χ2n) is 8.30. The van der Waals surface area contributed by atoms with Crippen molar-refractivity contribution >= 4 is 25.3 Å². The van der Waals surface area contributed by atoms with E-state index < -0.39 is 5.82 Å². The van der Waals surface area contributed by atoms with E-state index in [1.807, 2.05) is 6.92 Å². The predicted octanol–water partition coefficient (Wildman–Crippen LogP) is 3.17. The molecule has 0 radical (unpaired) electrons. The maximum atomic E-state index is 14.7. The Morgan fingerprint density at radius 2 is 1.84 bits per heavy atom. The number of fused-ring (bicyclic) bond motifs is 2. The van der Waals surface area contributed by atoms with Gasteiger partial charge in [-0.1, -0.05) is 12.1 Å². The third-order valence-corrected chi connectivity index (χ3v) is 6.33. The second kappa shape index (κ2) is 9.07. The Kier molecular flexibility index (Phi) is 6.39. The number of carbonyl (C=O) groups is 2. The maximum Gasteiger partial charge on any atom is 0.261 e. The Bertz CT molecular complexity index is 1010. The van der Waals surface area contributed by atoms with Crippen LogP contribution in [0.1, 0.15) is 52.2 Å². The van der Waals surface area contributed by atoms with E-state index >= 15 is 0 Å². The largest absolute Gasteiger partial charge is 0.484 e. The lowest BCUT2D eigenvalue weighted by Gasteiger charge is -2.37. The number of nitrogens with zero attached hydrogens (tertiary/aromatic N) is 3. The lowest BCUT2D eigenvalue weighted by molar-refractivity contribution is 0.0564. The van der Waals surface area contributed by atoms with Crippen LogP contribution in [0.15, 0.2) is 30.3 Å². The van der Waals surface area contributed by atoms with Gasteiger partial charge in [-0.3, -0.25) is 19.4 Å². The summed E-state index contributed by atoms with van der Waals surface area (Å²) in [7, 11) is 0. The number of likely N-dealkylation sites (tertiary alicyclic amines) is 1. The number of ether oxygens (including phenoxy) is 2. The fourth-order valence-corrected chi connectivity index (χ4v) is 4.69. The summed E-state index contributed by atoms with van der Waals surface area (Å²) in [5, 5.41) is 0. The number of rotatable bonds is 4. The Labute approximate surface area is 192 Å². The molecule has 0 saturated carbocycles. The van der Waals surface area contributed by atoms with Crippen LogP contribution in [0.5, 0.6) is 11.6 Å². The molecule has 7 nitrogen and oxygen atoms in total. The first-order valence-corrected chi connectivity index (χ1v) is 10.7. The summed E-state index contributed by atoms with van der Waals surface area (Å²) in [6.45, 7) is 4.53. The number of imide groups is 1. The Morgan fingerprint density at radius 1 is 1.16 bits per heavy atom. The Hall–Kier alpha value is -2.65. The zero-order valence-electron chi connectivity index (χ0n) is 17.8. The smallest absolute Gasteiger partial charge is 0.261 e. The van der Waals surface area contributed by atoms with E-state index in [-0.39, 0.29) is 37.3 Å². The van der Waals surface area contributed by atoms with Crippen molar-refractivity contribution in [3.63, 3.8) is 0 Å². The highest BCUT2D eigenvalue weighted by atomic mass is 32.1. The zero-order valence-corrected chi connectivity index (χ0v) is 18.8.